The highest BCUT2D eigenvalue weighted by atomic mass is 35.5. The lowest BCUT2D eigenvalue weighted by Gasteiger charge is -2.20. The van der Waals surface area contributed by atoms with E-state index in [1.807, 2.05) is 30.3 Å². The molecule has 1 unspecified atom stereocenters. The summed E-state index contributed by atoms with van der Waals surface area (Å²) in [5.41, 5.74) is 1.46. The zero-order valence-electron chi connectivity index (χ0n) is 16.6. The summed E-state index contributed by atoms with van der Waals surface area (Å²) in [6.07, 6.45) is 1.82. The summed E-state index contributed by atoms with van der Waals surface area (Å²) in [7, 11) is 0. The van der Waals surface area contributed by atoms with Crippen molar-refractivity contribution in [3.05, 3.63) is 59.1 Å². The fourth-order valence-corrected chi connectivity index (χ4v) is 3.92. The number of halogens is 1. The molecule has 1 aliphatic carbocycles. The second-order valence-corrected chi connectivity index (χ2v) is 8.29. The van der Waals surface area contributed by atoms with Crippen LogP contribution in [0.15, 0.2) is 48.5 Å². The maximum Gasteiger partial charge on any atom is 0.325 e. The van der Waals surface area contributed by atoms with Gasteiger partial charge in [-0.3, -0.25) is 14.5 Å². The summed E-state index contributed by atoms with van der Waals surface area (Å²) in [4.78, 5) is 38.2. The molecule has 1 heterocycles. The lowest BCUT2D eigenvalue weighted by atomic mass is 9.96. The van der Waals surface area contributed by atoms with Crippen LogP contribution in [0.25, 0.3) is 0 Å². The first-order chi connectivity index (χ1) is 14.4. The van der Waals surface area contributed by atoms with Crippen molar-refractivity contribution in [1.29, 1.82) is 0 Å². The van der Waals surface area contributed by atoms with E-state index in [4.69, 9.17) is 11.6 Å². The Balaban J connectivity index is 1.35. The normalized spacial score (nSPS) is 20.8. The van der Waals surface area contributed by atoms with E-state index >= 15 is 0 Å². The van der Waals surface area contributed by atoms with E-state index in [0.717, 1.165) is 29.0 Å². The highest BCUT2D eigenvalue weighted by molar-refractivity contribution is 6.33. The van der Waals surface area contributed by atoms with Crippen molar-refractivity contribution in [1.82, 2.24) is 10.2 Å². The molecule has 1 aliphatic heterocycles. The molecule has 3 N–H and O–H groups in total. The molecule has 0 radical (unpaired) electrons. The van der Waals surface area contributed by atoms with Gasteiger partial charge >= 0.3 is 6.03 Å². The highest BCUT2D eigenvalue weighted by Crippen LogP contribution is 2.42. The number of amides is 4. The number of carbonyl (C=O) groups is 3. The maximum absolute atomic E-state index is 12.6. The van der Waals surface area contributed by atoms with Crippen LogP contribution in [0.5, 0.6) is 0 Å². The minimum atomic E-state index is -0.896. The molecule has 2 fully saturated rings. The summed E-state index contributed by atoms with van der Waals surface area (Å²) in [6, 6.07) is 14.5. The SMILES string of the molecule is CC1(C2CC2)NC(=O)N(CC(=O)Nc2ccc(NCc3ccccc3)c(Cl)c2)C1=O. The molecular weight excluding hydrogens is 404 g/mol. The van der Waals surface area contributed by atoms with E-state index in [1.165, 1.54) is 0 Å². The number of hydrogen-bond acceptors (Lipinski definition) is 4. The predicted octanol–water partition coefficient (Wildman–Crippen LogP) is 3.61. The Morgan fingerprint density at radius 1 is 1.20 bits per heavy atom. The van der Waals surface area contributed by atoms with Crippen LogP contribution < -0.4 is 16.0 Å². The standard InChI is InChI=1S/C22H23ClN4O3/c1-22(15-7-8-15)20(29)27(21(30)26-22)13-19(28)25-16-9-10-18(17(23)11-16)24-12-14-5-3-2-4-6-14/h2-6,9-11,15,24H,7-8,12-13H2,1H3,(H,25,28)(H,26,30). The third-order valence-corrected chi connectivity index (χ3v) is 5.89. The second kappa shape index (κ2) is 7.99. The molecule has 0 bridgehead atoms. The van der Waals surface area contributed by atoms with E-state index in [1.54, 1.807) is 25.1 Å². The number of rotatable bonds is 7. The second-order valence-electron chi connectivity index (χ2n) is 7.88. The number of anilines is 2. The number of imide groups is 1. The molecule has 2 aliphatic rings. The molecule has 2 aromatic rings. The van der Waals surface area contributed by atoms with Gasteiger partial charge < -0.3 is 16.0 Å². The van der Waals surface area contributed by atoms with E-state index < -0.39 is 17.5 Å². The Morgan fingerprint density at radius 3 is 2.60 bits per heavy atom. The fourth-order valence-electron chi connectivity index (χ4n) is 3.67. The van der Waals surface area contributed by atoms with Gasteiger partial charge in [-0.15, -0.1) is 0 Å². The summed E-state index contributed by atoms with van der Waals surface area (Å²) < 4.78 is 0. The number of hydrogen-bond donors (Lipinski definition) is 3. The number of nitrogens with one attached hydrogen (secondary N) is 3. The zero-order valence-corrected chi connectivity index (χ0v) is 17.3. The van der Waals surface area contributed by atoms with E-state index in [0.29, 0.717) is 17.3 Å². The van der Waals surface area contributed by atoms with Crippen molar-refractivity contribution in [2.75, 3.05) is 17.2 Å². The minimum absolute atomic E-state index is 0.150. The molecule has 7 nitrogen and oxygen atoms in total. The Hall–Kier alpha value is -3.06. The highest BCUT2D eigenvalue weighted by Gasteiger charge is 2.56. The minimum Gasteiger partial charge on any atom is -0.380 e. The molecule has 1 saturated heterocycles. The fraction of sp³-hybridized carbons (Fsp3) is 0.318. The van der Waals surface area contributed by atoms with Gasteiger partial charge in [0.15, 0.2) is 0 Å². The first kappa shape index (κ1) is 20.2. The van der Waals surface area contributed by atoms with Gasteiger partial charge in [-0.05, 0) is 49.4 Å². The summed E-state index contributed by atoms with van der Waals surface area (Å²) in [5.74, 6) is -0.653. The average molecular weight is 427 g/mol. The first-order valence-corrected chi connectivity index (χ1v) is 10.3. The summed E-state index contributed by atoms with van der Waals surface area (Å²) in [5, 5.41) is 9.15. The van der Waals surface area contributed by atoms with Crippen LogP contribution in [0.1, 0.15) is 25.3 Å². The van der Waals surface area contributed by atoms with Gasteiger partial charge in [0.05, 0.1) is 10.7 Å². The van der Waals surface area contributed by atoms with Crippen molar-refractivity contribution in [3.63, 3.8) is 0 Å². The van der Waals surface area contributed by atoms with Gasteiger partial charge in [0.2, 0.25) is 5.91 Å². The van der Waals surface area contributed by atoms with Crippen molar-refractivity contribution < 1.29 is 14.4 Å². The van der Waals surface area contributed by atoms with Crippen molar-refractivity contribution in [2.24, 2.45) is 5.92 Å². The molecule has 4 rings (SSSR count). The van der Waals surface area contributed by atoms with Gasteiger partial charge in [-0.25, -0.2) is 4.79 Å². The van der Waals surface area contributed by atoms with Gasteiger partial charge in [0, 0.05) is 12.2 Å². The quantitative estimate of drug-likeness (QED) is 0.590. The molecule has 8 heteroatoms. The topological polar surface area (TPSA) is 90.5 Å². The van der Waals surface area contributed by atoms with Crippen molar-refractivity contribution in [3.8, 4) is 0 Å². The maximum atomic E-state index is 12.6. The summed E-state index contributed by atoms with van der Waals surface area (Å²) in [6.45, 7) is 2.01. The number of benzene rings is 2. The van der Waals surface area contributed by atoms with Gasteiger partial charge in [-0.2, -0.15) is 0 Å². The molecule has 156 valence electrons. The Kier molecular flexibility index (Phi) is 5.39. The Bertz CT molecular complexity index is 993. The van der Waals surface area contributed by atoms with Crippen LogP contribution in [0.3, 0.4) is 0 Å². The lowest BCUT2D eigenvalue weighted by Crippen LogP contribution is -2.46. The van der Waals surface area contributed by atoms with Crippen LogP contribution in [0, 0.1) is 5.92 Å². The predicted molar refractivity (Wildman–Crippen MR) is 115 cm³/mol. The van der Waals surface area contributed by atoms with Gasteiger partial charge in [0.25, 0.3) is 5.91 Å². The van der Waals surface area contributed by atoms with Crippen LogP contribution >= 0.6 is 11.6 Å². The molecule has 30 heavy (non-hydrogen) atoms. The van der Waals surface area contributed by atoms with Gasteiger partial charge in [0.1, 0.15) is 12.1 Å². The smallest absolute Gasteiger partial charge is 0.325 e. The Morgan fingerprint density at radius 2 is 1.93 bits per heavy atom. The summed E-state index contributed by atoms with van der Waals surface area (Å²) >= 11 is 6.33. The molecule has 0 spiro atoms. The van der Waals surface area contributed by atoms with E-state index in [-0.39, 0.29) is 18.4 Å². The third kappa shape index (κ3) is 4.11. The Labute approximate surface area is 179 Å². The monoisotopic (exact) mass is 426 g/mol. The van der Waals surface area contributed by atoms with Crippen LogP contribution in [-0.2, 0) is 16.1 Å². The number of urea groups is 1. The lowest BCUT2D eigenvalue weighted by molar-refractivity contribution is -0.134. The first-order valence-electron chi connectivity index (χ1n) is 9.88. The van der Waals surface area contributed by atoms with Crippen molar-refractivity contribution >= 4 is 40.8 Å². The molecule has 1 atom stereocenters. The molecular formula is C22H23ClN4O3. The van der Waals surface area contributed by atoms with E-state index in [2.05, 4.69) is 16.0 Å². The van der Waals surface area contributed by atoms with E-state index in [9.17, 15) is 14.4 Å². The molecule has 1 saturated carbocycles. The molecule has 0 aromatic heterocycles. The molecule has 4 amide bonds. The van der Waals surface area contributed by atoms with Crippen LogP contribution in [0.2, 0.25) is 5.02 Å². The number of nitrogens with zero attached hydrogens (tertiary/aromatic N) is 1. The largest absolute Gasteiger partial charge is 0.380 e. The average Bonchev–Trinajstić information content (AvgIpc) is 3.54. The van der Waals surface area contributed by atoms with Crippen molar-refractivity contribution in [2.45, 2.75) is 31.8 Å². The number of carbonyl (C=O) groups excluding carboxylic acids is 3. The van der Waals surface area contributed by atoms with Gasteiger partial charge in [-0.1, -0.05) is 41.9 Å². The third-order valence-electron chi connectivity index (χ3n) is 5.58. The van der Waals surface area contributed by atoms with Crippen LogP contribution in [-0.4, -0.2) is 34.8 Å². The zero-order chi connectivity index (χ0) is 21.3. The molecule has 2 aromatic carbocycles. The van der Waals surface area contributed by atoms with Crippen LogP contribution in [0.4, 0.5) is 16.2 Å².